The average molecular weight is 242 g/mol. The summed E-state index contributed by atoms with van der Waals surface area (Å²) >= 11 is 3.53. The number of hydrogen-bond acceptors (Lipinski definition) is 1. The lowest BCUT2D eigenvalue weighted by atomic mass is 9.90. The Morgan fingerprint density at radius 1 is 1.23 bits per heavy atom. The maximum atomic E-state index is 6.07. The maximum Gasteiger partial charge on any atom is 0.0355 e. The quantitative estimate of drug-likeness (QED) is 0.803. The molecule has 0 heterocycles. The number of halogens is 1. The highest BCUT2D eigenvalue weighted by atomic mass is 79.9. The van der Waals surface area contributed by atoms with Crippen LogP contribution in [0.25, 0.3) is 0 Å². The van der Waals surface area contributed by atoms with Gasteiger partial charge in [-0.3, -0.25) is 0 Å². The summed E-state index contributed by atoms with van der Waals surface area (Å²) in [5.74, 6) is 0. The van der Waals surface area contributed by atoms with Gasteiger partial charge in [-0.1, -0.05) is 22.0 Å². The number of benzene rings is 1. The minimum absolute atomic E-state index is 0.265. The third-order valence-electron chi connectivity index (χ3n) is 2.18. The molecular weight excluding hydrogens is 226 g/mol. The van der Waals surface area contributed by atoms with Crippen LogP contribution in [0.4, 0.5) is 0 Å². The van der Waals surface area contributed by atoms with Gasteiger partial charge in [0.1, 0.15) is 0 Å². The van der Waals surface area contributed by atoms with E-state index < -0.39 is 0 Å². The summed E-state index contributed by atoms with van der Waals surface area (Å²) < 4.78 is 1.14. The zero-order chi connectivity index (χ0) is 10.2. The van der Waals surface area contributed by atoms with Crippen LogP contribution in [0.1, 0.15) is 30.5 Å². The smallest absolute Gasteiger partial charge is 0.0355 e. The molecule has 0 radical (unpaired) electrons. The predicted octanol–water partition coefficient (Wildman–Crippen LogP) is 3.26. The second kappa shape index (κ2) is 3.43. The number of nitrogens with two attached hydrogens (primary N) is 1. The Hall–Kier alpha value is -0.340. The highest BCUT2D eigenvalue weighted by Crippen LogP contribution is 2.28. The monoisotopic (exact) mass is 241 g/mol. The molecule has 72 valence electrons. The predicted molar refractivity (Wildman–Crippen MR) is 60.8 cm³/mol. The molecule has 0 spiro atoms. The van der Waals surface area contributed by atoms with Gasteiger partial charge in [0.25, 0.3) is 0 Å². The van der Waals surface area contributed by atoms with Gasteiger partial charge in [0, 0.05) is 10.0 Å². The third kappa shape index (κ3) is 2.32. The molecule has 2 N–H and O–H groups in total. The largest absolute Gasteiger partial charge is 0.322 e. The minimum Gasteiger partial charge on any atom is -0.322 e. The van der Waals surface area contributed by atoms with Crippen LogP contribution in [-0.4, -0.2) is 0 Å². The van der Waals surface area contributed by atoms with Gasteiger partial charge in [-0.2, -0.15) is 0 Å². The molecule has 0 fully saturated rings. The summed E-state index contributed by atoms with van der Waals surface area (Å²) in [6, 6.07) is 4.27. The van der Waals surface area contributed by atoms with Gasteiger partial charge in [0.2, 0.25) is 0 Å². The minimum atomic E-state index is -0.265. The SMILES string of the molecule is Cc1cc(Br)c(C)c(C(C)(C)N)c1. The van der Waals surface area contributed by atoms with Crippen molar-refractivity contribution < 1.29 is 0 Å². The number of aryl methyl sites for hydroxylation is 1. The lowest BCUT2D eigenvalue weighted by Gasteiger charge is -2.23. The van der Waals surface area contributed by atoms with Gasteiger partial charge in [-0.15, -0.1) is 0 Å². The highest BCUT2D eigenvalue weighted by molar-refractivity contribution is 9.10. The van der Waals surface area contributed by atoms with Crippen LogP contribution in [0.5, 0.6) is 0 Å². The van der Waals surface area contributed by atoms with Gasteiger partial charge >= 0.3 is 0 Å². The Morgan fingerprint density at radius 2 is 1.77 bits per heavy atom. The summed E-state index contributed by atoms with van der Waals surface area (Å²) in [5.41, 5.74) is 9.49. The van der Waals surface area contributed by atoms with Gasteiger partial charge < -0.3 is 5.73 Å². The summed E-state index contributed by atoms with van der Waals surface area (Å²) in [6.07, 6.45) is 0. The second-order valence-corrected chi connectivity index (χ2v) is 5.00. The maximum absolute atomic E-state index is 6.07. The van der Waals surface area contributed by atoms with Gasteiger partial charge in [0.05, 0.1) is 0 Å². The Labute approximate surface area is 88.5 Å². The fourth-order valence-corrected chi connectivity index (χ4v) is 2.06. The molecule has 0 aliphatic carbocycles. The van der Waals surface area contributed by atoms with Crippen molar-refractivity contribution in [3.05, 3.63) is 33.3 Å². The van der Waals surface area contributed by atoms with Crippen LogP contribution in [0.3, 0.4) is 0 Å². The first kappa shape index (κ1) is 10.7. The van der Waals surface area contributed by atoms with Crippen LogP contribution >= 0.6 is 15.9 Å². The van der Waals surface area contributed by atoms with E-state index in [-0.39, 0.29) is 5.54 Å². The molecule has 0 unspecified atom stereocenters. The van der Waals surface area contributed by atoms with Crippen molar-refractivity contribution in [2.75, 3.05) is 0 Å². The normalized spacial score (nSPS) is 11.8. The van der Waals surface area contributed by atoms with Gasteiger partial charge in [-0.25, -0.2) is 0 Å². The van der Waals surface area contributed by atoms with Crippen molar-refractivity contribution in [3.63, 3.8) is 0 Å². The van der Waals surface area contributed by atoms with E-state index in [4.69, 9.17) is 5.73 Å². The Kier molecular flexibility index (Phi) is 2.83. The molecule has 0 aliphatic heterocycles. The van der Waals surface area contributed by atoms with Crippen molar-refractivity contribution in [1.82, 2.24) is 0 Å². The summed E-state index contributed by atoms with van der Waals surface area (Å²) in [6.45, 7) is 8.23. The number of rotatable bonds is 1. The molecular formula is C11H16BrN. The molecule has 2 heteroatoms. The molecule has 0 saturated heterocycles. The molecule has 1 aromatic carbocycles. The molecule has 1 nitrogen and oxygen atoms in total. The molecule has 0 atom stereocenters. The van der Waals surface area contributed by atoms with Crippen molar-refractivity contribution in [3.8, 4) is 0 Å². The average Bonchev–Trinajstić information content (AvgIpc) is 1.94. The van der Waals surface area contributed by atoms with E-state index in [0.29, 0.717) is 0 Å². The second-order valence-electron chi connectivity index (χ2n) is 4.14. The van der Waals surface area contributed by atoms with E-state index in [0.717, 1.165) is 4.47 Å². The fraction of sp³-hybridized carbons (Fsp3) is 0.455. The van der Waals surface area contributed by atoms with Crippen LogP contribution in [-0.2, 0) is 5.54 Å². The first-order valence-corrected chi connectivity index (χ1v) is 5.18. The first-order valence-electron chi connectivity index (χ1n) is 4.38. The zero-order valence-electron chi connectivity index (χ0n) is 8.61. The highest BCUT2D eigenvalue weighted by Gasteiger charge is 2.18. The molecule has 0 aromatic heterocycles. The Morgan fingerprint density at radius 3 is 2.23 bits per heavy atom. The molecule has 0 bridgehead atoms. The molecule has 0 saturated carbocycles. The van der Waals surface area contributed by atoms with E-state index in [2.05, 4.69) is 41.9 Å². The van der Waals surface area contributed by atoms with Gasteiger partial charge in [-0.05, 0) is 50.5 Å². The fourth-order valence-electron chi connectivity index (χ4n) is 1.48. The summed E-state index contributed by atoms with van der Waals surface area (Å²) in [5, 5.41) is 0. The van der Waals surface area contributed by atoms with Crippen molar-refractivity contribution in [2.24, 2.45) is 5.73 Å². The Bertz CT molecular complexity index is 324. The molecule has 13 heavy (non-hydrogen) atoms. The van der Waals surface area contributed by atoms with Crippen molar-refractivity contribution >= 4 is 15.9 Å². The van der Waals surface area contributed by atoms with E-state index >= 15 is 0 Å². The standard InChI is InChI=1S/C11H16BrN/c1-7-5-9(11(3,4)13)8(2)10(12)6-7/h5-6H,13H2,1-4H3. The van der Waals surface area contributed by atoms with Crippen molar-refractivity contribution in [2.45, 2.75) is 33.2 Å². The molecule has 0 aliphatic rings. The number of hydrogen-bond donors (Lipinski definition) is 1. The van der Waals surface area contributed by atoms with Gasteiger partial charge in [0.15, 0.2) is 0 Å². The third-order valence-corrected chi connectivity index (χ3v) is 3.01. The van der Waals surface area contributed by atoms with Crippen LogP contribution in [0.15, 0.2) is 16.6 Å². The molecule has 1 aromatic rings. The van der Waals surface area contributed by atoms with E-state index in [1.807, 2.05) is 13.8 Å². The van der Waals surface area contributed by atoms with Crippen LogP contribution in [0.2, 0.25) is 0 Å². The molecule has 0 amide bonds. The van der Waals surface area contributed by atoms with E-state index in [1.54, 1.807) is 0 Å². The topological polar surface area (TPSA) is 26.0 Å². The lowest BCUT2D eigenvalue weighted by Crippen LogP contribution is -2.29. The zero-order valence-corrected chi connectivity index (χ0v) is 10.2. The molecule has 1 rings (SSSR count). The van der Waals surface area contributed by atoms with Crippen molar-refractivity contribution in [1.29, 1.82) is 0 Å². The Balaban J connectivity index is 3.37. The van der Waals surface area contributed by atoms with Crippen LogP contribution < -0.4 is 5.73 Å². The summed E-state index contributed by atoms with van der Waals surface area (Å²) in [7, 11) is 0. The van der Waals surface area contributed by atoms with E-state index in [9.17, 15) is 0 Å². The first-order chi connectivity index (χ1) is 5.82. The van der Waals surface area contributed by atoms with Crippen LogP contribution in [0, 0.1) is 13.8 Å². The lowest BCUT2D eigenvalue weighted by molar-refractivity contribution is 0.550. The summed E-state index contributed by atoms with van der Waals surface area (Å²) in [4.78, 5) is 0. The van der Waals surface area contributed by atoms with E-state index in [1.165, 1.54) is 16.7 Å².